The van der Waals surface area contributed by atoms with E-state index in [1.54, 1.807) is 12.1 Å². The maximum absolute atomic E-state index is 12.9. The van der Waals surface area contributed by atoms with Gasteiger partial charge in [0.05, 0.1) is 20.4 Å². The number of anilines is 1. The van der Waals surface area contributed by atoms with Gasteiger partial charge >= 0.3 is 0 Å². The average Bonchev–Trinajstić information content (AvgIpc) is 2.97. The van der Waals surface area contributed by atoms with E-state index >= 15 is 0 Å². The highest BCUT2D eigenvalue weighted by molar-refractivity contribution is 7.91. The van der Waals surface area contributed by atoms with Crippen molar-refractivity contribution in [3.05, 3.63) is 53.3 Å². The average molecular weight is 399 g/mol. The molecule has 1 N–H and O–H groups in total. The molecule has 2 aromatic carbocycles. The number of carbonyl (C=O) groups excluding carboxylic acids is 1. The lowest BCUT2D eigenvalue weighted by Crippen LogP contribution is -2.17. The Kier molecular flexibility index (Phi) is 5.03. The number of benzene rings is 2. The third-order valence-corrected chi connectivity index (χ3v) is 6.36. The fourth-order valence-electron chi connectivity index (χ4n) is 2.14. The molecule has 25 heavy (non-hydrogen) atoms. The van der Waals surface area contributed by atoms with Gasteiger partial charge in [0.2, 0.25) is 5.91 Å². The maximum Gasteiger partial charge on any atom is 0.227 e. The number of hydrogen-bond acceptors (Lipinski definition) is 5. The van der Waals surface area contributed by atoms with E-state index in [4.69, 9.17) is 11.6 Å². The van der Waals surface area contributed by atoms with Crippen molar-refractivity contribution < 1.29 is 17.6 Å². The van der Waals surface area contributed by atoms with Crippen LogP contribution in [0.1, 0.15) is 6.42 Å². The second-order valence-corrected chi connectivity index (χ2v) is 8.72. The standard InChI is InChI=1S/C16H12ClFN2O3S2/c17-12-2-1-3-13-15(12)20-16(24-13)19-14(21)8-9-25(22,23)11-6-4-10(18)5-7-11/h1-7H,8-9H2,(H,19,20,21). The van der Waals surface area contributed by atoms with E-state index < -0.39 is 21.6 Å². The summed E-state index contributed by atoms with van der Waals surface area (Å²) in [5.74, 6) is -1.37. The third-order valence-electron chi connectivity index (χ3n) is 3.39. The molecule has 0 radical (unpaired) electrons. The number of thiazole rings is 1. The Bertz CT molecular complexity index is 1030. The van der Waals surface area contributed by atoms with Crippen LogP contribution in [0.15, 0.2) is 47.4 Å². The van der Waals surface area contributed by atoms with E-state index in [0.29, 0.717) is 15.7 Å². The van der Waals surface area contributed by atoms with E-state index in [9.17, 15) is 17.6 Å². The zero-order valence-corrected chi connectivity index (χ0v) is 15.1. The number of sulfone groups is 1. The van der Waals surface area contributed by atoms with E-state index in [1.807, 2.05) is 6.07 Å². The molecular formula is C16H12ClFN2O3S2. The number of carbonyl (C=O) groups is 1. The second kappa shape index (κ2) is 7.07. The fourth-order valence-corrected chi connectivity index (χ4v) is 4.56. The van der Waals surface area contributed by atoms with Gasteiger partial charge in [-0.2, -0.15) is 0 Å². The molecule has 3 rings (SSSR count). The number of halogens is 2. The Morgan fingerprint density at radius 3 is 2.60 bits per heavy atom. The summed E-state index contributed by atoms with van der Waals surface area (Å²) in [6, 6.07) is 9.80. The zero-order chi connectivity index (χ0) is 18.0. The minimum Gasteiger partial charge on any atom is -0.302 e. The summed E-state index contributed by atoms with van der Waals surface area (Å²) >= 11 is 7.28. The second-order valence-electron chi connectivity index (χ2n) is 5.18. The lowest BCUT2D eigenvalue weighted by Gasteiger charge is -2.04. The monoisotopic (exact) mass is 398 g/mol. The van der Waals surface area contributed by atoms with Gasteiger partial charge in [0.25, 0.3) is 0 Å². The normalized spacial score (nSPS) is 11.6. The van der Waals surface area contributed by atoms with Crippen LogP contribution in [0, 0.1) is 5.82 Å². The Morgan fingerprint density at radius 2 is 1.92 bits per heavy atom. The summed E-state index contributed by atoms with van der Waals surface area (Å²) in [5.41, 5.74) is 0.586. The number of aromatic nitrogens is 1. The van der Waals surface area contributed by atoms with Crippen molar-refractivity contribution in [1.82, 2.24) is 4.98 Å². The number of hydrogen-bond donors (Lipinski definition) is 1. The van der Waals surface area contributed by atoms with E-state index in [-0.39, 0.29) is 17.1 Å². The van der Waals surface area contributed by atoms with Gasteiger partial charge in [-0.25, -0.2) is 17.8 Å². The van der Waals surface area contributed by atoms with Gasteiger partial charge < -0.3 is 5.32 Å². The smallest absolute Gasteiger partial charge is 0.227 e. The molecule has 1 aromatic heterocycles. The van der Waals surface area contributed by atoms with Crippen LogP contribution in [0.5, 0.6) is 0 Å². The quantitative estimate of drug-likeness (QED) is 0.661. The molecule has 0 atom stereocenters. The first-order valence-electron chi connectivity index (χ1n) is 7.18. The molecular weight excluding hydrogens is 387 g/mol. The Balaban J connectivity index is 1.65. The van der Waals surface area contributed by atoms with Gasteiger partial charge in [0, 0.05) is 6.42 Å². The predicted octanol–water partition coefficient (Wildman–Crippen LogP) is 3.89. The van der Waals surface area contributed by atoms with Crippen molar-refractivity contribution in [3.63, 3.8) is 0 Å². The van der Waals surface area contributed by atoms with Gasteiger partial charge in [0.15, 0.2) is 15.0 Å². The SMILES string of the molecule is O=C(CCS(=O)(=O)c1ccc(F)cc1)Nc1nc2c(Cl)cccc2s1. The highest BCUT2D eigenvalue weighted by Gasteiger charge is 2.17. The Labute approximate surface area is 152 Å². The number of rotatable bonds is 5. The van der Waals surface area contributed by atoms with Crippen LogP contribution in [0.25, 0.3) is 10.2 Å². The lowest BCUT2D eigenvalue weighted by atomic mass is 10.3. The molecule has 0 bridgehead atoms. The van der Waals surface area contributed by atoms with Crippen LogP contribution in [0.3, 0.4) is 0 Å². The van der Waals surface area contributed by atoms with E-state index in [0.717, 1.165) is 16.8 Å². The Morgan fingerprint density at radius 1 is 1.20 bits per heavy atom. The molecule has 9 heteroatoms. The molecule has 0 aliphatic heterocycles. The number of nitrogens with one attached hydrogen (secondary N) is 1. The topological polar surface area (TPSA) is 76.1 Å². The molecule has 0 fully saturated rings. The first kappa shape index (κ1) is 17.8. The van der Waals surface area contributed by atoms with Crippen LogP contribution in [0.4, 0.5) is 9.52 Å². The predicted molar refractivity (Wildman–Crippen MR) is 96.3 cm³/mol. The molecule has 0 aliphatic rings. The molecule has 5 nitrogen and oxygen atoms in total. The van der Waals surface area contributed by atoms with Crippen LogP contribution in [-0.4, -0.2) is 25.1 Å². The summed E-state index contributed by atoms with van der Waals surface area (Å²) in [6.45, 7) is 0. The molecule has 0 aliphatic carbocycles. The first-order chi connectivity index (χ1) is 11.8. The molecule has 0 unspecified atom stereocenters. The summed E-state index contributed by atoms with van der Waals surface area (Å²) in [7, 11) is -3.66. The van der Waals surface area contributed by atoms with Crippen LogP contribution in [0.2, 0.25) is 5.02 Å². The van der Waals surface area contributed by atoms with Crippen LogP contribution in [-0.2, 0) is 14.6 Å². The van der Waals surface area contributed by atoms with Crippen molar-refractivity contribution in [2.45, 2.75) is 11.3 Å². The van der Waals surface area contributed by atoms with Crippen molar-refractivity contribution >= 4 is 54.0 Å². The van der Waals surface area contributed by atoms with Gasteiger partial charge in [-0.15, -0.1) is 0 Å². The highest BCUT2D eigenvalue weighted by atomic mass is 35.5. The summed E-state index contributed by atoms with van der Waals surface area (Å²) in [6.07, 6.45) is -0.233. The highest BCUT2D eigenvalue weighted by Crippen LogP contribution is 2.30. The lowest BCUT2D eigenvalue weighted by molar-refractivity contribution is -0.115. The number of fused-ring (bicyclic) bond motifs is 1. The van der Waals surface area contributed by atoms with Crippen molar-refractivity contribution in [3.8, 4) is 0 Å². The summed E-state index contributed by atoms with van der Waals surface area (Å²) < 4.78 is 38.0. The van der Waals surface area contributed by atoms with Crippen molar-refractivity contribution in [1.29, 1.82) is 0 Å². The minimum absolute atomic E-state index is 0.0199. The van der Waals surface area contributed by atoms with Crippen LogP contribution >= 0.6 is 22.9 Å². The molecule has 0 spiro atoms. The molecule has 130 valence electrons. The minimum atomic E-state index is -3.66. The molecule has 1 amide bonds. The number of nitrogens with zero attached hydrogens (tertiary/aromatic N) is 1. The maximum atomic E-state index is 12.9. The summed E-state index contributed by atoms with van der Waals surface area (Å²) in [5, 5.41) is 3.41. The number of para-hydroxylation sites is 1. The molecule has 3 aromatic rings. The largest absolute Gasteiger partial charge is 0.302 e. The molecule has 0 saturated carbocycles. The molecule has 0 saturated heterocycles. The van der Waals surface area contributed by atoms with Crippen molar-refractivity contribution in [2.24, 2.45) is 0 Å². The van der Waals surface area contributed by atoms with Crippen molar-refractivity contribution in [2.75, 3.05) is 11.1 Å². The fraction of sp³-hybridized carbons (Fsp3) is 0.125. The first-order valence-corrected chi connectivity index (χ1v) is 10.0. The number of amides is 1. The van der Waals surface area contributed by atoms with E-state index in [1.165, 1.54) is 23.5 Å². The Hall–Kier alpha value is -2.03. The van der Waals surface area contributed by atoms with E-state index in [2.05, 4.69) is 10.3 Å². The zero-order valence-electron chi connectivity index (χ0n) is 12.7. The van der Waals surface area contributed by atoms with Crippen LogP contribution < -0.4 is 5.32 Å². The van der Waals surface area contributed by atoms with Gasteiger partial charge in [-0.1, -0.05) is 29.0 Å². The van der Waals surface area contributed by atoms with Gasteiger partial charge in [-0.05, 0) is 36.4 Å². The molecule has 1 heterocycles. The van der Waals surface area contributed by atoms with Gasteiger partial charge in [-0.3, -0.25) is 4.79 Å². The third kappa shape index (κ3) is 4.15. The summed E-state index contributed by atoms with van der Waals surface area (Å²) in [4.78, 5) is 16.2. The van der Waals surface area contributed by atoms with Gasteiger partial charge in [0.1, 0.15) is 11.3 Å².